The lowest BCUT2D eigenvalue weighted by molar-refractivity contribution is -0.384. The van der Waals surface area contributed by atoms with Gasteiger partial charge < -0.3 is 9.47 Å². The number of nitro groups is 1. The Morgan fingerprint density at radius 1 is 1.30 bits per heavy atom. The smallest absolute Gasteiger partial charge is 0.274 e. The summed E-state index contributed by atoms with van der Waals surface area (Å²) in [6.07, 6.45) is 0.931. The molecule has 1 aromatic heterocycles. The normalized spacial score (nSPS) is 10.6. The minimum atomic E-state index is -0.502. The van der Waals surface area contributed by atoms with E-state index < -0.39 is 4.92 Å². The molecule has 0 aliphatic rings. The van der Waals surface area contributed by atoms with E-state index >= 15 is 0 Å². The number of aryl methyl sites for hydroxylation is 1. The lowest BCUT2D eigenvalue weighted by Gasteiger charge is -2.06. The Balaban J connectivity index is 1.69. The number of ether oxygens (including phenoxy) is 2. The van der Waals surface area contributed by atoms with Gasteiger partial charge in [0.25, 0.3) is 11.6 Å². The molecule has 0 aliphatic carbocycles. The highest BCUT2D eigenvalue weighted by atomic mass is 32.1. The van der Waals surface area contributed by atoms with E-state index in [0.29, 0.717) is 21.1 Å². The van der Waals surface area contributed by atoms with Crippen molar-refractivity contribution < 1.29 is 19.2 Å². The molecule has 140 valence electrons. The van der Waals surface area contributed by atoms with Crippen molar-refractivity contribution in [2.75, 3.05) is 19.0 Å². The average Bonchev–Trinajstić information content (AvgIpc) is 3.08. The van der Waals surface area contributed by atoms with E-state index in [9.17, 15) is 14.9 Å². The topological polar surface area (TPSA) is 104 Å². The molecule has 8 nitrogen and oxygen atoms in total. The van der Waals surface area contributed by atoms with Gasteiger partial charge in [0.2, 0.25) is 0 Å². The van der Waals surface area contributed by atoms with Gasteiger partial charge in [-0.1, -0.05) is 30.4 Å². The monoisotopic (exact) mass is 387 g/mol. The number of rotatable bonds is 7. The number of hydrogen-bond acceptors (Lipinski definition) is 7. The van der Waals surface area contributed by atoms with Crippen LogP contribution < -0.4 is 14.8 Å². The van der Waals surface area contributed by atoms with Crippen molar-refractivity contribution in [2.45, 2.75) is 13.3 Å². The third kappa shape index (κ3) is 4.32. The van der Waals surface area contributed by atoms with E-state index in [1.54, 1.807) is 0 Å². The Morgan fingerprint density at radius 3 is 2.67 bits per heavy atom. The minimum absolute atomic E-state index is 0.0975. The van der Waals surface area contributed by atoms with Gasteiger partial charge in [-0.3, -0.25) is 20.2 Å². The summed E-state index contributed by atoms with van der Waals surface area (Å²) < 4.78 is 11.2. The number of carbonyl (C=O) groups excluding carboxylic acids is 1. The first-order valence-electron chi connectivity index (χ1n) is 8.14. The molecule has 0 saturated carbocycles. The van der Waals surface area contributed by atoms with Gasteiger partial charge in [-0.15, -0.1) is 0 Å². The number of carbonyl (C=O) groups is 1. The molecule has 9 heteroatoms. The molecule has 1 heterocycles. The quantitative estimate of drug-likeness (QED) is 0.489. The number of aromatic nitrogens is 1. The summed E-state index contributed by atoms with van der Waals surface area (Å²) in [7, 11) is 1.41. The second-order valence-electron chi connectivity index (χ2n) is 5.61. The Hall–Kier alpha value is -3.20. The van der Waals surface area contributed by atoms with Crippen LogP contribution >= 0.6 is 11.3 Å². The summed E-state index contributed by atoms with van der Waals surface area (Å²) in [6.45, 7) is 1.89. The number of fused-ring (bicyclic) bond motifs is 1. The first kappa shape index (κ1) is 18.6. The fourth-order valence-electron chi connectivity index (χ4n) is 2.43. The number of hydrogen-bond donors (Lipinski definition) is 1. The van der Waals surface area contributed by atoms with Gasteiger partial charge >= 0.3 is 0 Å². The predicted molar refractivity (Wildman–Crippen MR) is 103 cm³/mol. The summed E-state index contributed by atoms with van der Waals surface area (Å²) in [6, 6.07) is 10.2. The van der Waals surface area contributed by atoms with E-state index in [4.69, 9.17) is 9.47 Å². The molecule has 0 bridgehead atoms. The van der Waals surface area contributed by atoms with E-state index in [0.717, 1.165) is 17.8 Å². The molecule has 3 aromatic rings. The van der Waals surface area contributed by atoms with Gasteiger partial charge in [-0.05, 0) is 24.1 Å². The highest BCUT2D eigenvalue weighted by molar-refractivity contribution is 7.22. The first-order chi connectivity index (χ1) is 13.0. The zero-order valence-electron chi connectivity index (χ0n) is 14.7. The lowest BCUT2D eigenvalue weighted by atomic mass is 10.2. The van der Waals surface area contributed by atoms with Crippen LogP contribution in [0.4, 0.5) is 10.8 Å². The fourth-order valence-corrected chi connectivity index (χ4v) is 3.36. The van der Waals surface area contributed by atoms with Gasteiger partial charge in [0, 0.05) is 6.07 Å². The van der Waals surface area contributed by atoms with Crippen LogP contribution in [0.15, 0.2) is 36.4 Å². The number of non-ortho nitro benzene ring substituents is 1. The van der Waals surface area contributed by atoms with Crippen LogP contribution in [-0.2, 0) is 11.2 Å². The van der Waals surface area contributed by atoms with Crippen molar-refractivity contribution in [3.8, 4) is 11.5 Å². The molecule has 0 spiro atoms. The van der Waals surface area contributed by atoms with E-state index in [2.05, 4.69) is 17.2 Å². The molecule has 27 heavy (non-hydrogen) atoms. The minimum Gasteiger partial charge on any atom is -0.494 e. The van der Waals surface area contributed by atoms with Crippen LogP contribution in [0, 0.1) is 10.1 Å². The first-order valence-corrected chi connectivity index (χ1v) is 8.96. The van der Waals surface area contributed by atoms with Crippen molar-refractivity contribution in [1.82, 2.24) is 4.98 Å². The van der Waals surface area contributed by atoms with Crippen LogP contribution in [0.25, 0.3) is 10.2 Å². The third-order valence-corrected chi connectivity index (χ3v) is 4.74. The zero-order chi connectivity index (χ0) is 19.4. The fraction of sp³-hybridized carbons (Fsp3) is 0.222. The molecule has 3 rings (SSSR count). The summed E-state index contributed by atoms with van der Waals surface area (Å²) >= 11 is 1.13. The standard InChI is InChI=1S/C18H17N3O5S/c1-3-11-4-6-13(7-5-11)26-10-16(22)19-18-20-17-14(25-2)8-12(21(23)24)9-15(17)27-18/h4-9H,3,10H2,1-2H3,(H,19,20,22). The van der Waals surface area contributed by atoms with Crippen LogP contribution in [0.3, 0.4) is 0 Å². The second kappa shape index (κ2) is 8.00. The van der Waals surface area contributed by atoms with Crippen LogP contribution in [-0.4, -0.2) is 29.5 Å². The summed E-state index contributed by atoms with van der Waals surface area (Å²) in [5, 5.41) is 14.0. The SMILES string of the molecule is CCc1ccc(OCC(=O)Nc2nc3c(OC)cc([N+](=O)[O-])cc3s2)cc1. The molecule has 1 amide bonds. The average molecular weight is 387 g/mol. The Morgan fingerprint density at radius 2 is 2.04 bits per heavy atom. The second-order valence-corrected chi connectivity index (χ2v) is 6.64. The van der Waals surface area contributed by atoms with Gasteiger partial charge in [0.1, 0.15) is 11.3 Å². The largest absolute Gasteiger partial charge is 0.494 e. The van der Waals surface area contributed by atoms with Crippen molar-refractivity contribution in [3.63, 3.8) is 0 Å². The molecule has 2 aromatic carbocycles. The molecule has 0 saturated heterocycles. The molecular formula is C18H17N3O5S. The van der Waals surface area contributed by atoms with E-state index in [1.807, 2.05) is 24.3 Å². The van der Waals surface area contributed by atoms with Gasteiger partial charge in [-0.25, -0.2) is 4.98 Å². The number of nitrogens with zero attached hydrogens (tertiary/aromatic N) is 2. The van der Waals surface area contributed by atoms with Crippen molar-refractivity contribution in [3.05, 3.63) is 52.1 Å². The number of thiazole rings is 1. The number of nitro benzene ring substituents is 1. The Kier molecular flexibility index (Phi) is 5.51. The number of nitrogens with one attached hydrogen (secondary N) is 1. The molecule has 1 N–H and O–H groups in total. The predicted octanol–water partition coefficient (Wildman–Crippen LogP) is 3.79. The Labute approximate surface area is 158 Å². The van der Waals surface area contributed by atoms with Gasteiger partial charge in [0.05, 0.1) is 22.8 Å². The summed E-state index contributed by atoms with van der Waals surface area (Å²) in [5.41, 5.74) is 1.54. The summed E-state index contributed by atoms with van der Waals surface area (Å²) in [5.74, 6) is 0.509. The summed E-state index contributed by atoms with van der Waals surface area (Å²) in [4.78, 5) is 26.9. The number of methoxy groups -OCH3 is 1. The maximum atomic E-state index is 12.1. The van der Waals surface area contributed by atoms with Crippen molar-refractivity contribution in [1.29, 1.82) is 0 Å². The Bertz CT molecular complexity index is 985. The zero-order valence-corrected chi connectivity index (χ0v) is 15.5. The number of amides is 1. The molecule has 0 unspecified atom stereocenters. The van der Waals surface area contributed by atoms with Crippen LogP contribution in [0.5, 0.6) is 11.5 Å². The highest BCUT2D eigenvalue weighted by Gasteiger charge is 2.17. The molecule has 0 atom stereocenters. The maximum absolute atomic E-state index is 12.1. The molecule has 0 fully saturated rings. The molecule has 0 radical (unpaired) electrons. The van der Waals surface area contributed by atoms with Gasteiger partial charge in [-0.2, -0.15) is 0 Å². The third-order valence-electron chi connectivity index (χ3n) is 3.82. The molecular weight excluding hydrogens is 370 g/mol. The van der Waals surface area contributed by atoms with Gasteiger partial charge in [0.15, 0.2) is 17.5 Å². The number of benzene rings is 2. The van der Waals surface area contributed by atoms with E-state index in [-0.39, 0.29) is 24.0 Å². The van der Waals surface area contributed by atoms with Crippen molar-refractivity contribution in [2.24, 2.45) is 0 Å². The van der Waals surface area contributed by atoms with Crippen LogP contribution in [0.1, 0.15) is 12.5 Å². The molecule has 0 aliphatic heterocycles. The van der Waals surface area contributed by atoms with Crippen molar-refractivity contribution >= 4 is 38.3 Å². The maximum Gasteiger partial charge on any atom is 0.274 e. The van der Waals surface area contributed by atoms with E-state index in [1.165, 1.54) is 24.8 Å². The van der Waals surface area contributed by atoms with Crippen LogP contribution in [0.2, 0.25) is 0 Å². The number of anilines is 1. The highest BCUT2D eigenvalue weighted by Crippen LogP contribution is 2.36. The lowest BCUT2D eigenvalue weighted by Crippen LogP contribution is -2.20.